The molecule has 0 aromatic heterocycles. The Balaban J connectivity index is 2.04. The van der Waals surface area contributed by atoms with Crippen molar-refractivity contribution in [3.63, 3.8) is 0 Å². The van der Waals surface area contributed by atoms with E-state index in [9.17, 15) is 19.2 Å². The monoisotopic (exact) mass is 524 g/mol. The van der Waals surface area contributed by atoms with Crippen LogP contribution in [0.4, 0.5) is 0 Å². The van der Waals surface area contributed by atoms with Crippen LogP contribution in [0.25, 0.3) is 10.8 Å². The molecule has 0 spiro atoms. The van der Waals surface area contributed by atoms with E-state index < -0.39 is 23.9 Å². The Morgan fingerprint density at radius 3 is 2.18 bits per heavy atom. The molecule has 0 aliphatic carbocycles. The van der Waals surface area contributed by atoms with Crippen molar-refractivity contribution in [1.29, 1.82) is 0 Å². The van der Waals surface area contributed by atoms with E-state index in [1.165, 1.54) is 0 Å². The number of carbonyl (C=O) groups excluding carboxylic acids is 4. The summed E-state index contributed by atoms with van der Waals surface area (Å²) in [6, 6.07) is 12.2. The Labute approximate surface area is 226 Å². The van der Waals surface area contributed by atoms with Crippen molar-refractivity contribution in [2.24, 2.45) is 11.8 Å². The van der Waals surface area contributed by atoms with Crippen molar-refractivity contribution in [2.75, 3.05) is 13.1 Å². The number of unbranched alkanes of at least 4 members (excludes halogenated alkanes) is 1. The van der Waals surface area contributed by atoms with Crippen molar-refractivity contribution >= 4 is 34.4 Å². The summed E-state index contributed by atoms with van der Waals surface area (Å²) in [6.45, 7) is 10.2. The van der Waals surface area contributed by atoms with Gasteiger partial charge in [-0.2, -0.15) is 0 Å². The fourth-order valence-corrected chi connectivity index (χ4v) is 4.18. The maximum absolute atomic E-state index is 13.3. The van der Waals surface area contributed by atoms with Gasteiger partial charge in [0.2, 0.25) is 23.6 Å². The first kappa shape index (κ1) is 30.8. The van der Waals surface area contributed by atoms with Crippen LogP contribution in [-0.2, 0) is 25.6 Å². The van der Waals surface area contributed by atoms with Gasteiger partial charge in [0.1, 0.15) is 12.1 Å². The van der Waals surface area contributed by atoms with Crippen LogP contribution >= 0.6 is 0 Å². The van der Waals surface area contributed by atoms with E-state index >= 15 is 0 Å². The number of nitrogens with one attached hydrogen (secondary N) is 4. The number of rotatable bonds is 15. The highest BCUT2D eigenvalue weighted by atomic mass is 16.2. The van der Waals surface area contributed by atoms with Gasteiger partial charge in [-0.3, -0.25) is 19.2 Å². The van der Waals surface area contributed by atoms with Crippen LogP contribution < -0.4 is 21.3 Å². The third-order valence-electron chi connectivity index (χ3n) is 6.61. The van der Waals surface area contributed by atoms with E-state index in [-0.39, 0.29) is 36.6 Å². The summed E-state index contributed by atoms with van der Waals surface area (Å²) in [5, 5.41) is 13.3. The van der Waals surface area contributed by atoms with Gasteiger partial charge in [-0.1, -0.05) is 89.9 Å². The Bertz CT molecular complexity index is 1080. The molecule has 0 bridgehead atoms. The molecule has 3 atom stereocenters. The lowest BCUT2D eigenvalue weighted by Gasteiger charge is -2.27. The number of hydrogen-bond donors (Lipinski definition) is 4. The van der Waals surface area contributed by atoms with Crippen LogP contribution in [0.15, 0.2) is 42.5 Å². The van der Waals surface area contributed by atoms with Crippen LogP contribution in [-0.4, -0.2) is 48.8 Å². The first-order valence-electron chi connectivity index (χ1n) is 13.8. The second kappa shape index (κ2) is 15.7. The molecular formula is C30H44N4O4. The molecule has 2 aromatic carbocycles. The van der Waals surface area contributed by atoms with Crippen molar-refractivity contribution in [2.45, 2.75) is 78.8 Å². The predicted molar refractivity (Wildman–Crippen MR) is 151 cm³/mol. The molecule has 0 aliphatic rings. The van der Waals surface area contributed by atoms with Crippen LogP contribution in [0.2, 0.25) is 0 Å². The zero-order valence-electron chi connectivity index (χ0n) is 23.4. The zero-order valence-corrected chi connectivity index (χ0v) is 23.4. The van der Waals surface area contributed by atoms with Gasteiger partial charge in [-0.15, -0.1) is 0 Å². The number of hydrogen-bond acceptors (Lipinski definition) is 4. The lowest BCUT2D eigenvalue weighted by molar-refractivity contribution is -0.133. The van der Waals surface area contributed by atoms with Crippen LogP contribution in [0.1, 0.15) is 65.9 Å². The number of fused-ring (bicyclic) bond motifs is 1. The smallest absolute Gasteiger partial charge is 0.243 e. The first-order valence-corrected chi connectivity index (χ1v) is 13.8. The molecule has 208 valence electrons. The van der Waals surface area contributed by atoms with Crippen LogP contribution in [0, 0.1) is 11.8 Å². The summed E-state index contributed by atoms with van der Waals surface area (Å²) in [5.41, 5.74) is 0.860. The van der Waals surface area contributed by atoms with Gasteiger partial charge >= 0.3 is 0 Å². The molecule has 0 saturated heterocycles. The average molecular weight is 525 g/mol. The van der Waals surface area contributed by atoms with E-state index in [0.717, 1.165) is 29.2 Å². The third kappa shape index (κ3) is 10.1. The first-order chi connectivity index (χ1) is 18.1. The Kier molecular flexibility index (Phi) is 12.8. The van der Waals surface area contributed by atoms with E-state index in [4.69, 9.17) is 0 Å². The second-order valence-electron chi connectivity index (χ2n) is 10.4. The van der Waals surface area contributed by atoms with Gasteiger partial charge in [-0.05, 0) is 41.0 Å². The van der Waals surface area contributed by atoms with Gasteiger partial charge in [-0.25, -0.2) is 0 Å². The molecular weight excluding hydrogens is 480 g/mol. The second-order valence-corrected chi connectivity index (χ2v) is 10.4. The van der Waals surface area contributed by atoms with Crippen molar-refractivity contribution in [3.8, 4) is 0 Å². The largest absolute Gasteiger partial charge is 0.355 e. The highest BCUT2D eigenvalue weighted by molar-refractivity contribution is 5.94. The lowest BCUT2D eigenvalue weighted by Crippen LogP contribution is -2.56. The fraction of sp³-hybridized carbons (Fsp3) is 0.533. The summed E-state index contributed by atoms with van der Waals surface area (Å²) in [7, 11) is 0. The Morgan fingerprint density at radius 2 is 1.53 bits per heavy atom. The van der Waals surface area contributed by atoms with Gasteiger partial charge in [0, 0.05) is 6.54 Å². The van der Waals surface area contributed by atoms with E-state index in [2.05, 4.69) is 21.3 Å². The highest BCUT2D eigenvalue weighted by Gasteiger charge is 2.30. The zero-order chi connectivity index (χ0) is 28.1. The molecule has 4 N–H and O–H groups in total. The molecule has 0 radical (unpaired) electrons. The molecule has 8 heteroatoms. The van der Waals surface area contributed by atoms with Gasteiger partial charge in [0.05, 0.1) is 13.0 Å². The molecule has 2 aromatic rings. The molecule has 0 heterocycles. The topological polar surface area (TPSA) is 116 Å². The standard InChI is InChI=1S/C30H44N4O4/c1-6-8-15-31-27(36)19-32-29(37)25(16-20(3)4)33-30(38)28(21(5)7-2)34-26(35)18-22-13-14-23-11-9-10-12-24(23)17-22/h9-14,17,20-21,25,28H,6-8,15-16,18-19H2,1-5H3,(H,31,36)(H,32,37)(H,33,38)(H,34,35)/t21-,25-,28-/m0/s1. The summed E-state index contributed by atoms with van der Waals surface area (Å²) >= 11 is 0. The summed E-state index contributed by atoms with van der Waals surface area (Å²) < 4.78 is 0. The number of carbonyl (C=O) groups is 4. The maximum atomic E-state index is 13.3. The predicted octanol–water partition coefficient (Wildman–Crippen LogP) is 3.48. The van der Waals surface area contributed by atoms with Gasteiger partial charge in [0.15, 0.2) is 0 Å². The Morgan fingerprint density at radius 1 is 0.816 bits per heavy atom. The summed E-state index contributed by atoms with van der Waals surface area (Å²) in [6.07, 6.45) is 3.06. The van der Waals surface area contributed by atoms with Gasteiger partial charge < -0.3 is 21.3 Å². The minimum absolute atomic E-state index is 0.133. The molecule has 0 aliphatic heterocycles. The minimum Gasteiger partial charge on any atom is -0.355 e. The van der Waals surface area contributed by atoms with Crippen molar-refractivity contribution in [1.82, 2.24) is 21.3 Å². The maximum Gasteiger partial charge on any atom is 0.243 e. The normalized spacial score (nSPS) is 13.4. The molecule has 0 saturated carbocycles. The van der Waals surface area contributed by atoms with Crippen molar-refractivity contribution < 1.29 is 19.2 Å². The molecule has 0 unspecified atom stereocenters. The van der Waals surface area contributed by atoms with Crippen molar-refractivity contribution in [3.05, 3.63) is 48.0 Å². The molecule has 38 heavy (non-hydrogen) atoms. The molecule has 8 nitrogen and oxygen atoms in total. The quantitative estimate of drug-likeness (QED) is 0.267. The average Bonchev–Trinajstić information content (AvgIpc) is 2.89. The summed E-state index contributed by atoms with van der Waals surface area (Å²) in [4.78, 5) is 51.2. The molecule has 0 fully saturated rings. The fourth-order valence-electron chi connectivity index (χ4n) is 4.18. The Hall–Kier alpha value is -3.42. The highest BCUT2D eigenvalue weighted by Crippen LogP contribution is 2.16. The minimum atomic E-state index is -0.810. The lowest BCUT2D eigenvalue weighted by atomic mass is 9.96. The number of benzene rings is 2. The van der Waals surface area contributed by atoms with Gasteiger partial charge in [0.25, 0.3) is 0 Å². The number of amides is 4. The van der Waals surface area contributed by atoms with E-state index in [1.807, 2.05) is 77.1 Å². The summed E-state index contributed by atoms with van der Waals surface area (Å²) in [5.74, 6) is -1.34. The molecule has 4 amide bonds. The third-order valence-corrected chi connectivity index (χ3v) is 6.61. The van der Waals surface area contributed by atoms with Crippen LogP contribution in [0.5, 0.6) is 0 Å². The van der Waals surface area contributed by atoms with E-state index in [0.29, 0.717) is 19.4 Å². The SMILES string of the molecule is CCCCNC(=O)CNC(=O)[C@H](CC(C)C)NC(=O)[C@@H](NC(=O)Cc1ccc2ccccc2c1)[C@@H](C)CC. The van der Waals surface area contributed by atoms with Crippen LogP contribution in [0.3, 0.4) is 0 Å². The molecule has 2 rings (SSSR count). The van der Waals surface area contributed by atoms with E-state index in [1.54, 1.807) is 0 Å².